The summed E-state index contributed by atoms with van der Waals surface area (Å²) in [6.45, 7) is 1.57. The first-order valence-corrected chi connectivity index (χ1v) is 7.75. The van der Waals surface area contributed by atoms with Gasteiger partial charge in [0.2, 0.25) is 5.95 Å². The molecule has 3 aromatic rings. The summed E-state index contributed by atoms with van der Waals surface area (Å²) in [4.78, 5) is 20.6. The zero-order valence-corrected chi connectivity index (χ0v) is 12.6. The molecule has 118 valence electrons. The van der Waals surface area contributed by atoms with E-state index in [2.05, 4.69) is 25.7 Å². The third-order valence-corrected chi connectivity index (χ3v) is 4.42. The predicted octanol–water partition coefficient (Wildman–Crippen LogP) is 1.48. The summed E-state index contributed by atoms with van der Waals surface area (Å²) in [5.41, 5.74) is 1.07. The van der Waals surface area contributed by atoms with Crippen LogP contribution < -0.4 is 10.6 Å². The highest BCUT2D eigenvalue weighted by Crippen LogP contribution is 2.28. The van der Waals surface area contributed by atoms with E-state index in [0.29, 0.717) is 18.8 Å². The number of rotatable bonds is 3. The maximum Gasteiger partial charge on any atom is 0.254 e. The molecule has 1 amide bonds. The number of nitrogens with one attached hydrogen (secondary N) is 3. The molecule has 0 spiro atoms. The van der Waals surface area contributed by atoms with Crippen molar-refractivity contribution >= 4 is 22.9 Å². The minimum Gasteiger partial charge on any atom is -0.324 e. The lowest BCUT2D eigenvalue weighted by molar-refractivity contribution is -0.126. The fourth-order valence-corrected chi connectivity index (χ4v) is 3.16. The van der Waals surface area contributed by atoms with Crippen LogP contribution in [0.4, 0.5) is 5.95 Å². The Kier molecular flexibility index (Phi) is 3.34. The van der Waals surface area contributed by atoms with Crippen LogP contribution in [-0.2, 0) is 10.3 Å². The Labute approximate surface area is 133 Å². The van der Waals surface area contributed by atoms with Gasteiger partial charge in [-0.05, 0) is 44.1 Å². The molecule has 0 bridgehead atoms. The highest BCUT2D eigenvalue weighted by Gasteiger charge is 2.42. The number of piperidine rings is 1. The van der Waals surface area contributed by atoms with E-state index >= 15 is 0 Å². The van der Waals surface area contributed by atoms with E-state index in [9.17, 15) is 4.79 Å². The fraction of sp³-hybridized carbons (Fsp3) is 0.312. The molecular formula is C16H18N6O. The number of nitrogens with zero attached hydrogens (tertiary/aromatic N) is 3. The van der Waals surface area contributed by atoms with E-state index < -0.39 is 5.54 Å². The Morgan fingerprint density at radius 3 is 2.78 bits per heavy atom. The van der Waals surface area contributed by atoms with Gasteiger partial charge >= 0.3 is 0 Å². The van der Waals surface area contributed by atoms with Crippen LogP contribution in [0.25, 0.3) is 11.0 Å². The number of anilines is 1. The second kappa shape index (κ2) is 5.51. The van der Waals surface area contributed by atoms with E-state index in [4.69, 9.17) is 0 Å². The van der Waals surface area contributed by atoms with Crippen LogP contribution in [0.2, 0.25) is 0 Å². The van der Waals surface area contributed by atoms with Gasteiger partial charge in [-0.1, -0.05) is 12.1 Å². The van der Waals surface area contributed by atoms with Gasteiger partial charge in [0.15, 0.2) is 0 Å². The van der Waals surface area contributed by atoms with Crippen molar-refractivity contribution in [1.29, 1.82) is 0 Å². The van der Waals surface area contributed by atoms with Crippen molar-refractivity contribution in [2.75, 3.05) is 18.4 Å². The topological polar surface area (TPSA) is 87.6 Å². The highest BCUT2D eigenvalue weighted by molar-refractivity contribution is 5.96. The molecule has 7 heteroatoms. The average molecular weight is 310 g/mol. The van der Waals surface area contributed by atoms with Crippen molar-refractivity contribution in [3.8, 4) is 0 Å². The first-order valence-electron chi connectivity index (χ1n) is 7.75. The summed E-state index contributed by atoms with van der Waals surface area (Å²) < 4.78 is 1.77. The molecule has 1 saturated heterocycles. The van der Waals surface area contributed by atoms with Gasteiger partial charge in [-0.15, -0.1) is 0 Å². The van der Waals surface area contributed by atoms with E-state index in [-0.39, 0.29) is 5.91 Å². The first-order chi connectivity index (χ1) is 11.3. The normalized spacial score (nSPS) is 17.2. The Morgan fingerprint density at radius 1 is 1.22 bits per heavy atom. The summed E-state index contributed by atoms with van der Waals surface area (Å²) in [6, 6.07) is 9.55. The van der Waals surface area contributed by atoms with Gasteiger partial charge in [-0.25, -0.2) is 4.98 Å². The number of amides is 1. The maximum atomic E-state index is 13.0. The van der Waals surface area contributed by atoms with Crippen molar-refractivity contribution in [3.63, 3.8) is 0 Å². The van der Waals surface area contributed by atoms with Crippen LogP contribution in [0.3, 0.4) is 0 Å². The molecule has 7 nitrogen and oxygen atoms in total. The smallest absolute Gasteiger partial charge is 0.254 e. The van der Waals surface area contributed by atoms with Crippen LogP contribution >= 0.6 is 0 Å². The summed E-state index contributed by atoms with van der Waals surface area (Å²) in [6.07, 6.45) is 4.95. The number of hydrogen-bond donors (Lipinski definition) is 3. The molecule has 0 atom stereocenters. The van der Waals surface area contributed by atoms with Gasteiger partial charge in [0.25, 0.3) is 5.91 Å². The molecule has 1 aliphatic rings. The molecule has 3 N–H and O–H groups in total. The Morgan fingerprint density at radius 2 is 2.04 bits per heavy atom. The zero-order chi connectivity index (χ0) is 15.7. The zero-order valence-electron chi connectivity index (χ0n) is 12.6. The van der Waals surface area contributed by atoms with E-state index in [1.54, 1.807) is 10.9 Å². The Balaban J connectivity index is 1.65. The Hall–Kier alpha value is -2.67. The summed E-state index contributed by atoms with van der Waals surface area (Å²) in [5, 5.41) is 10.5. The van der Waals surface area contributed by atoms with E-state index in [1.165, 1.54) is 0 Å². The van der Waals surface area contributed by atoms with Crippen molar-refractivity contribution in [1.82, 2.24) is 25.1 Å². The predicted molar refractivity (Wildman–Crippen MR) is 87.0 cm³/mol. The van der Waals surface area contributed by atoms with Gasteiger partial charge in [0.05, 0.1) is 11.0 Å². The first kappa shape index (κ1) is 14.0. The molecule has 4 rings (SSSR count). The molecule has 2 aromatic heterocycles. The highest BCUT2D eigenvalue weighted by atomic mass is 16.2. The number of carbonyl (C=O) groups is 1. The molecule has 0 saturated carbocycles. The van der Waals surface area contributed by atoms with Gasteiger partial charge in [0.1, 0.15) is 5.54 Å². The van der Waals surface area contributed by atoms with Crippen molar-refractivity contribution in [3.05, 3.63) is 42.7 Å². The number of benzene rings is 1. The average Bonchev–Trinajstić information content (AvgIpc) is 3.24. The van der Waals surface area contributed by atoms with Gasteiger partial charge in [0, 0.05) is 12.4 Å². The second-order valence-corrected chi connectivity index (χ2v) is 5.79. The number of aromatic nitrogens is 4. The lowest BCUT2D eigenvalue weighted by Crippen LogP contribution is -2.52. The molecular weight excluding hydrogens is 292 g/mol. The van der Waals surface area contributed by atoms with Crippen LogP contribution in [0.5, 0.6) is 0 Å². The monoisotopic (exact) mass is 310 g/mol. The number of hydrogen-bond acceptors (Lipinski definition) is 4. The van der Waals surface area contributed by atoms with Crippen LogP contribution in [0, 0.1) is 0 Å². The second-order valence-electron chi connectivity index (χ2n) is 5.79. The number of carbonyl (C=O) groups excluding carboxylic acids is 1. The van der Waals surface area contributed by atoms with Gasteiger partial charge in [-0.2, -0.15) is 5.10 Å². The third-order valence-electron chi connectivity index (χ3n) is 4.42. The third kappa shape index (κ3) is 2.39. The van der Waals surface area contributed by atoms with Crippen molar-refractivity contribution < 1.29 is 4.79 Å². The fourth-order valence-electron chi connectivity index (χ4n) is 3.16. The van der Waals surface area contributed by atoms with Crippen LogP contribution in [0.15, 0.2) is 42.7 Å². The minimum atomic E-state index is -0.673. The van der Waals surface area contributed by atoms with E-state index in [0.717, 1.165) is 24.1 Å². The molecule has 0 radical (unpaired) electrons. The lowest BCUT2D eigenvalue weighted by atomic mass is 9.87. The molecule has 23 heavy (non-hydrogen) atoms. The van der Waals surface area contributed by atoms with Crippen LogP contribution in [0.1, 0.15) is 12.8 Å². The lowest BCUT2D eigenvalue weighted by Gasteiger charge is -2.36. The minimum absolute atomic E-state index is 0.0817. The summed E-state index contributed by atoms with van der Waals surface area (Å²) >= 11 is 0. The maximum absolute atomic E-state index is 13.0. The molecule has 1 fully saturated rings. The van der Waals surface area contributed by atoms with E-state index in [1.807, 2.05) is 36.5 Å². The number of imidazole rings is 1. The number of para-hydroxylation sites is 2. The van der Waals surface area contributed by atoms with Gasteiger partial charge in [-0.3, -0.25) is 14.8 Å². The molecule has 1 aliphatic heterocycles. The molecule has 0 unspecified atom stereocenters. The van der Waals surface area contributed by atoms with Crippen molar-refractivity contribution in [2.45, 2.75) is 18.4 Å². The molecule has 1 aromatic carbocycles. The van der Waals surface area contributed by atoms with Crippen molar-refractivity contribution in [2.24, 2.45) is 0 Å². The molecule has 3 heterocycles. The number of aromatic amines is 1. The van der Waals surface area contributed by atoms with Gasteiger partial charge < -0.3 is 10.3 Å². The molecule has 0 aliphatic carbocycles. The standard InChI is InChI=1S/C16H18N6O/c23-14(21-15-19-12-4-1-2-5-13(12)20-15)16(6-9-17-10-7-16)22-11-3-8-18-22/h1-5,8,11,17H,6-7,9-10H2,(H2,19,20,21,23). The quantitative estimate of drug-likeness (QED) is 0.684. The summed E-state index contributed by atoms with van der Waals surface area (Å²) in [5.74, 6) is 0.392. The largest absolute Gasteiger partial charge is 0.324 e. The number of fused-ring (bicyclic) bond motifs is 1. The SMILES string of the molecule is O=C(Nc1nc2ccccc2[nH]1)C1(n2cccn2)CCNCC1. The number of H-pyrrole nitrogens is 1. The summed E-state index contributed by atoms with van der Waals surface area (Å²) in [7, 11) is 0. The van der Waals surface area contributed by atoms with Crippen LogP contribution in [-0.4, -0.2) is 38.7 Å². The Bertz CT molecular complexity index is 783.